The summed E-state index contributed by atoms with van der Waals surface area (Å²) in [5.41, 5.74) is 1.49. The Hall–Kier alpha value is -4.78. The lowest BCUT2D eigenvalue weighted by Gasteiger charge is -2.09. The number of nitrogens with zero attached hydrogens (tertiary/aromatic N) is 4. The van der Waals surface area contributed by atoms with Crippen molar-refractivity contribution < 1.29 is 22.7 Å². The standard InChI is InChI=1S/C23H21N7O5S/c1-30-14-19(22(28-30)35-2)21(32)27-16-6-4-15(5-7-16)20(31)26-17-8-10-18(11-9-17)36(33,34)29-23-24-12-3-13-25-23/h3-14H,1-2H3,(H,26,31)(H,27,32)(H,24,25,29). The fourth-order valence-corrected chi connectivity index (χ4v) is 4.09. The lowest BCUT2D eigenvalue weighted by molar-refractivity contribution is 0.101. The van der Waals surface area contributed by atoms with Crippen LogP contribution in [-0.4, -0.2) is 47.1 Å². The van der Waals surface area contributed by atoms with Crippen LogP contribution in [0.15, 0.2) is 78.1 Å². The number of nitrogens with one attached hydrogen (secondary N) is 3. The second kappa shape index (κ2) is 10.2. The fourth-order valence-electron chi connectivity index (χ4n) is 3.13. The van der Waals surface area contributed by atoms with Crippen LogP contribution in [0, 0.1) is 0 Å². The molecule has 3 N–H and O–H groups in total. The zero-order valence-corrected chi connectivity index (χ0v) is 20.0. The number of carbonyl (C=O) groups excluding carboxylic acids is 2. The van der Waals surface area contributed by atoms with E-state index >= 15 is 0 Å². The van der Waals surface area contributed by atoms with Crippen molar-refractivity contribution in [1.82, 2.24) is 19.7 Å². The summed E-state index contributed by atoms with van der Waals surface area (Å²) in [5.74, 6) is -0.656. The van der Waals surface area contributed by atoms with Crippen molar-refractivity contribution >= 4 is 39.2 Å². The van der Waals surface area contributed by atoms with Crippen LogP contribution >= 0.6 is 0 Å². The summed E-state index contributed by atoms with van der Waals surface area (Å²) in [6.07, 6.45) is 4.38. The van der Waals surface area contributed by atoms with Gasteiger partial charge < -0.3 is 15.4 Å². The molecule has 0 radical (unpaired) electrons. The van der Waals surface area contributed by atoms with Gasteiger partial charge in [-0.05, 0) is 54.6 Å². The first-order valence-corrected chi connectivity index (χ1v) is 11.9. The minimum absolute atomic E-state index is 0.0155. The fraction of sp³-hybridized carbons (Fsp3) is 0.0870. The summed E-state index contributed by atoms with van der Waals surface area (Å²) in [6.45, 7) is 0. The second-order valence-electron chi connectivity index (χ2n) is 7.41. The predicted molar refractivity (Wildman–Crippen MR) is 131 cm³/mol. The topological polar surface area (TPSA) is 157 Å². The SMILES string of the molecule is COc1nn(C)cc1C(=O)Nc1ccc(C(=O)Nc2ccc(S(=O)(=O)Nc3ncccn3)cc2)cc1. The van der Waals surface area contributed by atoms with Gasteiger partial charge in [-0.25, -0.2) is 23.1 Å². The number of rotatable bonds is 8. The number of hydrogen-bond acceptors (Lipinski definition) is 8. The number of anilines is 3. The Bertz CT molecular complexity index is 1490. The first-order chi connectivity index (χ1) is 17.2. The molecule has 184 valence electrons. The van der Waals surface area contributed by atoms with Crippen molar-refractivity contribution in [3.63, 3.8) is 0 Å². The quantitative estimate of drug-likeness (QED) is 0.328. The maximum Gasteiger partial charge on any atom is 0.264 e. The van der Waals surface area contributed by atoms with Crippen LogP contribution in [0.5, 0.6) is 5.88 Å². The van der Waals surface area contributed by atoms with Crippen LogP contribution in [0.25, 0.3) is 0 Å². The maximum atomic E-state index is 12.6. The predicted octanol–water partition coefficient (Wildman–Crippen LogP) is 2.52. The molecule has 0 aliphatic carbocycles. The molecule has 36 heavy (non-hydrogen) atoms. The van der Waals surface area contributed by atoms with Crippen molar-refractivity contribution in [1.29, 1.82) is 0 Å². The van der Waals surface area contributed by atoms with Crippen molar-refractivity contribution in [2.45, 2.75) is 4.90 Å². The van der Waals surface area contributed by atoms with Gasteiger partial charge in [-0.1, -0.05) is 0 Å². The number of ether oxygens (including phenoxy) is 1. The van der Waals surface area contributed by atoms with Crippen LogP contribution in [0.1, 0.15) is 20.7 Å². The van der Waals surface area contributed by atoms with E-state index in [-0.39, 0.29) is 22.3 Å². The van der Waals surface area contributed by atoms with E-state index in [0.717, 1.165) is 0 Å². The van der Waals surface area contributed by atoms with E-state index in [0.29, 0.717) is 16.9 Å². The summed E-state index contributed by atoms with van der Waals surface area (Å²) in [4.78, 5) is 32.7. The van der Waals surface area contributed by atoms with E-state index in [9.17, 15) is 18.0 Å². The van der Waals surface area contributed by atoms with E-state index in [4.69, 9.17) is 4.74 Å². The molecule has 4 rings (SSSR count). The number of aromatic nitrogens is 4. The van der Waals surface area contributed by atoms with Gasteiger partial charge in [-0.3, -0.25) is 14.3 Å². The van der Waals surface area contributed by atoms with Crippen molar-refractivity contribution in [3.8, 4) is 5.88 Å². The summed E-state index contributed by atoms with van der Waals surface area (Å²) in [7, 11) is -0.782. The molecule has 0 atom stereocenters. The molecular weight excluding hydrogens is 486 g/mol. The largest absolute Gasteiger partial charge is 0.479 e. The van der Waals surface area contributed by atoms with Gasteiger partial charge >= 0.3 is 0 Å². The molecule has 13 heteroatoms. The molecule has 0 saturated heterocycles. The van der Waals surface area contributed by atoms with Crippen LogP contribution in [-0.2, 0) is 17.1 Å². The number of carbonyl (C=O) groups is 2. The Kier molecular flexibility index (Phi) is 6.92. The summed E-state index contributed by atoms with van der Waals surface area (Å²) in [5, 5.41) is 9.47. The number of sulfonamides is 1. The molecule has 0 fully saturated rings. The van der Waals surface area contributed by atoms with Crippen LogP contribution < -0.4 is 20.1 Å². The van der Waals surface area contributed by atoms with Gasteiger partial charge in [0.2, 0.25) is 11.8 Å². The molecule has 2 amide bonds. The van der Waals surface area contributed by atoms with Gasteiger partial charge in [0.05, 0.1) is 12.0 Å². The van der Waals surface area contributed by atoms with Gasteiger partial charge in [-0.2, -0.15) is 0 Å². The molecule has 0 spiro atoms. The first kappa shape index (κ1) is 24.3. The zero-order chi connectivity index (χ0) is 25.7. The summed E-state index contributed by atoms with van der Waals surface area (Å²) < 4.78 is 33.8. The Labute approximate surface area is 206 Å². The third-order valence-electron chi connectivity index (χ3n) is 4.85. The Morgan fingerprint density at radius 1 is 0.889 bits per heavy atom. The Morgan fingerprint density at radius 2 is 1.47 bits per heavy atom. The van der Waals surface area contributed by atoms with Crippen molar-refractivity contribution in [3.05, 3.63) is 84.3 Å². The van der Waals surface area contributed by atoms with Gasteiger partial charge in [-0.15, -0.1) is 5.10 Å². The number of hydrogen-bond donors (Lipinski definition) is 3. The highest BCUT2D eigenvalue weighted by atomic mass is 32.2. The molecule has 0 saturated carbocycles. The molecule has 0 aliphatic heterocycles. The van der Waals surface area contributed by atoms with Crippen LogP contribution in [0.3, 0.4) is 0 Å². The van der Waals surface area contributed by atoms with Gasteiger partial charge in [0, 0.05) is 42.6 Å². The van der Waals surface area contributed by atoms with E-state index in [1.807, 2.05) is 0 Å². The molecule has 2 heterocycles. The van der Waals surface area contributed by atoms with Gasteiger partial charge in [0.25, 0.3) is 21.8 Å². The Balaban J connectivity index is 1.38. The molecule has 0 aliphatic rings. The van der Waals surface area contributed by atoms with Crippen molar-refractivity contribution in [2.75, 3.05) is 22.5 Å². The summed E-state index contributed by atoms with van der Waals surface area (Å²) >= 11 is 0. The lowest BCUT2D eigenvalue weighted by atomic mass is 10.2. The molecule has 12 nitrogen and oxygen atoms in total. The molecular formula is C23H21N7O5S. The molecule has 0 unspecified atom stereocenters. The van der Waals surface area contributed by atoms with E-state index < -0.39 is 21.8 Å². The lowest BCUT2D eigenvalue weighted by Crippen LogP contribution is -2.15. The second-order valence-corrected chi connectivity index (χ2v) is 9.10. The highest BCUT2D eigenvalue weighted by molar-refractivity contribution is 7.92. The molecule has 4 aromatic rings. The number of amides is 2. The highest BCUT2D eigenvalue weighted by Crippen LogP contribution is 2.19. The van der Waals surface area contributed by atoms with Crippen molar-refractivity contribution in [2.24, 2.45) is 7.05 Å². The third kappa shape index (κ3) is 5.64. The smallest absolute Gasteiger partial charge is 0.264 e. The van der Waals surface area contributed by atoms with E-state index in [2.05, 4.69) is 30.4 Å². The number of aryl methyl sites for hydroxylation is 1. The average molecular weight is 508 g/mol. The molecule has 2 aromatic heterocycles. The van der Waals surface area contributed by atoms with Crippen LogP contribution in [0.4, 0.5) is 17.3 Å². The highest BCUT2D eigenvalue weighted by Gasteiger charge is 2.18. The number of methoxy groups -OCH3 is 1. The van der Waals surface area contributed by atoms with E-state index in [1.165, 1.54) is 54.6 Å². The molecule has 2 aromatic carbocycles. The minimum atomic E-state index is -3.88. The van der Waals surface area contributed by atoms with E-state index in [1.54, 1.807) is 37.4 Å². The minimum Gasteiger partial charge on any atom is -0.479 e. The maximum absolute atomic E-state index is 12.6. The summed E-state index contributed by atoms with van der Waals surface area (Å²) in [6, 6.07) is 13.5. The Morgan fingerprint density at radius 3 is 2.08 bits per heavy atom. The third-order valence-corrected chi connectivity index (χ3v) is 6.20. The van der Waals surface area contributed by atoms with Crippen LogP contribution in [0.2, 0.25) is 0 Å². The van der Waals surface area contributed by atoms with Gasteiger partial charge in [0.1, 0.15) is 5.56 Å². The number of benzene rings is 2. The molecule has 0 bridgehead atoms. The zero-order valence-electron chi connectivity index (χ0n) is 19.2. The van der Waals surface area contributed by atoms with Gasteiger partial charge in [0.15, 0.2) is 0 Å². The average Bonchev–Trinajstić information content (AvgIpc) is 3.26. The monoisotopic (exact) mass is 507 g/mol. The normalized spacial score (nSPS) is 10.9. The first-order valence-electron chi connectivity index (χ1n) is 10.5.